The highest BCUT2D eigenvalue weighted by atomic mass is 79.9. The second-order valence-corrected chi connectivity index (χ2v) is 5.97. The van der Waals surface area contributed by atoms with Gasteiger partial charge in [-0.25, -0.2) is 0 Å². The Balaban J connectivity index is 2.70. The molecule has 0 aliphatic rings. The zero-order valence-corrected chi connectivity index (χ0v) is 12.7. The minimum Gasteiger partial charge on any atom is -0.492 e. The molecule has 0 saturated heterocycles. The van der Waals surface area contributed by atoms with E-state index in [4.69, 9.17) is 16.3 Å². The molecule has 90 valence electrons. The first-order valence-corrected chi connectivity index (χ1v) is 7.72. The van der Waals surface area contributed by atoms with Gasteiger partial charge >= 0.3 is 0 Å². The molecule has 1 nitrogen and oxygen atoms in total. The molecule has 0 aromatic heterocycles. The van der Waals surface area contributed by atoms with Gasteiger partial charge in [0.1, 0.15) is 5.75 Å². The summed E-state index contributed by atoms with van der Waals surface area (Å²) in [4.78, 5) is 0. The molecule has 16 heavy (non-hydrogen) atoms. The van der Waals surface area contributed by atoms with Crippen molar-refractivity contribution in [1.82, 2.24) is 0 Å². The third-order valence-electron chi connectivity index (χ3n) is 2.14. The summed E-state index contributed by atoms with van der Waals surface area (Å²) in [7, 11) is 0. The lowest BCUT2D eigenvalue weighted by molar-refractivity contribution is 0.339. The molecule has 0 aliphatic carbocycles. The van der Waals surface area contributed by atoms with Crippen LogP contribution in [0.1, 0.15) is 18.1 Å². The molecule has 0 N–H and O–H groups in total. The van der Waals surface area contributed by atoms with Gasteiger partial charge in [-0.2, -0.15) is 11.8 Å². The summed E-state index contributed by atoms with van der Waals surface area (Å²) < 4.78 is 6.84. The molecule has 0 unspecified atom stereocenters. The van der Waals surface area contributed by atoms with Gasteiger partial charge in [0.25, 0.3) is 0 Å². The summed E-state index contributed by atoms with van der Waals surface area (Å²) in [5, 5.41) is 0. The Morgan fingerprint density at radius 2 is 2.19 bits per heavy atom. The van der Waals surface area contributed by atoms with Crippen LogP contribution in [0.5, 0.6) is 5.75 Å². The third kappa shape index (κ3) is 4.19. The predicted octanol–water partition coefficient (Wildman–Crippen LogP) is 4.63. The van der Waals surface area contributed by atoms with Gasteiger partial charge in [-0.15, -0.1) is 11.6 Å². The van der Waals surface area contributed by atoms with Crippen LogP contribution in [0, 0.1) is 6.92 Å². The van der Waals surface area contributed by atoms with E-state index >= 15 is 0 Å². The van der Waals surface area contributed by atoms with E-state index in [1.165, 1.54) is 0 Å². The van der Waals surface area contributed by atoms with Crippen molar-refractivity contribution in [2.45, 2.75) is 19.7 Å². The number of halogens is 2. The van der Waals surface area contributed by atoms with Crippen LogP contribution >= 0.6 is 39.3 Å². The maximum atomic E-state index is 5.91. The quantitative estimate of drug-likeness (QED) is 0.557. The number of hydrogen-bond acceptors (Lipinski definition) is 2. The molecule has 4 heteroatoms. The fraction of sp³-hybridized carbons (Fsp3) is 0.500. The van der Waals surface area contributed by atoms with Crippen LogP contribution in [0.3, 0.4) is 0 Å². The molecule has 0 aliphatic heterocycles. The number of thioether (sulfide) groups is 1. The zero-order valence-electron chi connectivity index (χ0n) is 9.56. The van der Waals surface area contributed by atoms with E-state index < -0.39 is 0 Å². The van der Waals surface area contributed by atoms with E-state index in [0.29, 0.717) is 5.88 Å². The van der Waals surface area contributed by atoms with E-state index in [1.807, 2.05) is 24.8 Å². The highest BCUT2D eigenvalue weighted by molar-refractivity contribution is 9.10. The first-order chi connectivity index (χ1) is 7.69. The molecule has 0 amide bonds. The SMILES string of the molecule is CCSCCOc1c(C)cc(Br)cc1CCl. The van der Waals surface area contributed by atoms with Crippen molar-refractivity contribution in [2.75, 3.05) is 18.1 Å². The third-order valence-corrected chi connectivity index (χ3v) is 3.75. The smallest absolute Gasteiger partial charge is 0.126 e. The van der Waals surface area contributed by atoms with Crippen LogP contribution < -0.4 is 4.74 Å². The van der Waals surface area contributed by atoms with Gasteiger partial charge in [0.05, 0.1) is 12.5 Å². The highest BCUT2D eigenvalue weighted by Crippen LogP contribution is 2.29. The number of alkyl halides is 1. The summed E-state index contributed by atoms with van der Waals surface area (Å²) in [5.41, 5.74) is 2.18. The molecule has 0 heterocycles. The van der Waals surface area contributed by atoms with Crippen LogP contribution in [-0.2, 0) is 5.88 Å². The van der Waals surface area contributed by atoms with Gasteiger partial charge in [0.2, 0.25) is 0 Å². The monoisotopic (exact) mass is 322 g/mol. The van der Waals surface area contributed by atoms with Gasteiger partial charge in [0.15, 0.2) is 0 Å². The molecular weight excluding hydrogens is 308 g/mol. The number of ether oxygens (including phenoxy) is 1. The first-order valence-electron chi connectivity index (χ1n) is 5.24. The van der Waals surface area contributed by atoms with Crippen molar-refractivity contribution in [2.24, 2.45) is 0 Å². The molecule has 1 aromatic carbocycles. The van der Waals surface area contributed by atoms with E-state index in [2.05, 4.69) is 28.9 Å². The highest BCUT2D eigenvalue weighted by Gasteiger charge is 2.08. The van der Waals surface area contributed by atoms with Crippen molar-refractivity contribution in [1.29, 1.82) is 0 Å². The Kier molecular flexibility index (Phi) is 6.62. The van der Waals surface area contributed by atoms with E-state index in [1.54, 1.807) is 0 Å². The molecule has 1 aromatic rings. The van der Waals surface area contributed by atoms with Crippen LogP contribution in [-0.4, -0.2) is 18.1 Å². The van der Waals surface area contributed by atoms with Crippen molar-refractivity contribution >= 4 is 39.3 Å². The summed E-state index contributed by atoms with van der Waals surface area (Å²) in [5.74, 6) is 3.57. The van der Waals surface area contributed by atoms with Gasteiger partial charge in [-0.1, -0.05) is 22.9 Å². The topological polar surface area (TPSA) is 9.23 Å². The summed E-state index contributed by atoms with van der Waals surface area (Å²) in [6.07, 6.45) is 0. The van der Waals surface area contributed by atoms with E-state index in [-0.39, 0.29) is 0 Å². The van der Waals surface area contributed by atoms with Gasteiger partial charge < -0.3 is 4.74 Å². The van der Waals surface area contributed by atoms with E-state index in [0.717, 1.165) is 39.5 Å². The van der Waals surface area contributed by atoms with Crippen molar-refractivity contribution in [3.8, 4) is 5.75 Å². The van der Waals surface area contributed by atoms with Gasteiger partial charge in [0, 0.05) is 15.8 Å². The number of benzene rings is 1. The largest absolute Gasteiger partial charge is 0.492 e. The summed E-state index contributed by atoms with van der Waals surface area (Å²) in [6.45, 7) is 4.94. The van der Waals surface area contributed by atoms with Crippen molar-refractivity contribution < 1.29 is 4.74 Å². The summed E-state index contributed by atoms with van der Waals surface area (Å²) >= 11 is 11.3. The van der Waals surface area contributed by atoms with Crippen molar-refractivity contribution in [3.05, 3.63) is 27.7 Å². The molecule has 0 radical (unpaired) electrons. The minimum absolute atomic E-state index is 0.483. The summed E-state index contributed by atoms with van der Waals surface area (Å²) in [6, 6.07) is 4.07. The number of aryl methyl sites for hydroxylation is 1. The Labute approximate surface area is 115 Å². The van der Waals surface area contributed by atoms with Crippen LogP contribution in [0.25, 0.3) is 0 Å². The van der Waals surface area contributed by atoms with E-state index in [9.17, 15) is 0 Å². The predicted molar refractivity (Wildman–Crippen MR) is 76.9 cm³/mol. The second kappa shape index (κ2) is 7.46. The molecule has 0 atom stereocenters. The molecule has 0 spiro atoms. The lowest BCUT2D eigenvalue weighted by Crippen LogP contribution is -2.04. The van der Waals surface area contributed by atoms with Gasteiger partial charge in [-0.3, -0.25) is 0 Å². The van der Waals surface area contributed by atoms with Crippen LogP contribution in [0.15, 0.2) is 16.6 Å². The molecule has 0 saturated carbocycles. The minimum atomic E-state index is 0.483. The average molecular weight is 324 g/mol. The zero-order chi connectivity index (χ0) is 12.0. The van der Waals surface area contributed by atoms with Gasteiger partial charge in [-0.05, 0) is 30.4 Å². The first kappa shape index (κ1) is 14.2. The van der Waals surface area contributed by atoms with Crippen molar-refractivity contribution in [3.63, 3.8) is 0 Å². The lowest BCUT2D eigenvalue weighted by atomic mass is 10.1. The standard InChI is InChI=1S/C12H16BrClOS/c1-3-16-5-4-15-12-9(2)6-11(13)7-10(12)8-14/h6-7H,3-5,8H2,1-2H3. The normalized spacial score (nSPS) is 10.5. The number of hydrogen-bond donors (Lipinski definition) is 0. The Hall–Kier alpha value is 0.140. The molecule has 0 bridgehead atoms. The maximum Gasteiger partial charge on any atom is 0.126 e. The lowest BCUT2D eigenvalue weighted by Gasteiger charge is -2.13. The molecule has 0 fully saturated rings. The van der Waals surface area contributed by atoms with Crippen LogP contribution in [0.4, 0.5) is 0 Å². The maximum absolute atomic E-state index is 5.91. The fourth-order valence-electron chi connectivity index (χ4n) is 1.45. The molecule has 1 rings (SSSR count). The Morgan fingerprint density at radius 3 is 2.81 bits per heavy atom. The Bertz CT molecular complexity index is 344. The Morgan fingerprint density at radius 1 is 1.44 bits per heavy atom. The molecular formula is C12H16BrClOS. The number of rotatable bonds is 6. The second-order valence-electron chi connectivity index (χ2n) is 3.39. The average Bonchev–Trinajstić information content (AvgIpc) is 2.26. The van der Waals surface area contributed by atoms with Crippen LogP contribution in [0.2, 0.25) is 0 Å². The fourth-order valence-corrected chi connectivity index (χ4v) is 2.76.